The highest BCUT2D eigenvalue weighted by molar-refractivity contribution is 5.52. The van der Waals surface area contributed by atoms with E-state index in [4.69, 9.17) is 0 Å². The van der Waals surface area contributed by atoms with Gasteiger partial charge in [-0.05, 0) is 49.5 Å². The van der Waals surface area contributed by atoms with E-state index >= 15 is 0 Å². The second kappa shape index (κ2) is 5.02. The van der Waals surface area contributed by atoms with Crippen LogP contribution in [0.2, 0.25) is 0 Å². The fourth-order valence-corrected chi connectivity index (χ4v) is 2.17. The molecule has 2 rings (SSSR count). The Kier molecular flexibility index (Phi) is 3.45. The van der Waals surface area contributed by atoms with Gasteiger partial charge in [-0.2, -0.15) is 0 Å². The van der Waals surface area contributed by atoms with Crippen molar-refractivity contribution in [3.8, 4) is 0 Å². The Morgan fingerprint density at radius 1 is 1.25 bits per heavy atom. The van der Waals surface area contributed by atoms with Crippen molar-refractivity contribution in [3.05, 3.63) is 53.8 Å². The highest BCUT2D eigenvalue weighted by Crippen LogP contribution is 2.28. The fourth-order valence-electron chi connectivity index (χ4n) is 2.17. The Morgan fingerprint density at radius 2 is 2.00 bits per heavy atom. The third kappa shape index (κ3) is 2.35. The molecule has 0 radical (unpaired) electrons. The van der Waals surface area contributed by atoms with Crippen LogP contribution < -0.4 is 5.32 Å². The van der Waals surface area contributed by atoms with E-state index in [1.54, 1.807) is 0 Å². The van der Waals surface area contributed by atoms with Crippen molar-refractivity contribution >= 4 is 5.69 Å². The molecule has 1 N–H and O–H groups in total. The van der Waals surface area contributed by atoms with Crippen LogP contribution >= 0.6 is 0 Å². The molecule has 0 spiro atoms. The van der Waals surface area contributed by atoms with E-state index in [2.05, 4.69) is 55.6 Å². The molecule has 0 unspecified atom stereocenters. The number of benzene rings is 1. The van der Waals surface area contributed by atoms with Crippen molar-refractivity contribution in [1.82, 2.24) is 0 Å². The van der Waals surface area contributed by atoms with E-state index in [0.29, 0.717) is 5.92 Å². The number of nitrogens with one attached hydrogen (secondary N) is 1. The highest BCUT2D eigenvalue weighted by Gasteiger charge is 2.14. The van der Waals surface area contributed by atoms with E-state index in [9.17, 15) is 0 Å². The maximum atomic E-state index is 3.49. The molecular weight excluding hydrogens is 194 g/mol. The van der Waals surface area contributed by atoms with Gasteiger partial charge >= 0.3 is 0 Å². The molecule has 0 bridgehead atoms. The number of para-hydroxylation sites is 1. The molecule has 0 saturated heterocycles. The lowest BCUT2D eigenvalue weighted by atomic mass is 9.89. The Morgan fingerprint density at radius 3 is 2.69 bits per heavy atom. The van der Waals surface area contributed by atoms with Crippen LogP contribution in [0.15, 0.2) is 53.8 Å². The van der Waals surface area contributed by atoms with Gasteiger partial charge in [0, 0.05) is 11.4 Å². The average molecular weight is 213 g/mol. The predicted molar refractivity (Wildman–Crippen MR) is 70.3 cm³/mol. The SMILES string of the molecule is CC[C@H]1CC=CC(Nc2ccccc2)=C1C. The first kappa shape index (κ1) is 11.0. The first-order chi connectivity index (χ1) is 7.81. The summed E-state index contributed by atoms with van der Waals surface area (Å²) in [5.41, 5.74) is 3.91. The van der Waals surface area contributed by atoms with Gasteiger partial charge in [0.05, 0.1) is 0 Å². The van der Waals surface area contributed by atoms with E-state index < -0.39 is 0 Å². The third-order valence-electron chi connectivity index (χ3n) is 3.29. The lowest BCUT2D eigenvalue weighted by Crippen LogP contribution is -2.10. The summed E-state index contributed by atoms with van der Waals surface area (Å²) in [4.78, 5) is 0. The summed E-state index contributed by atoms with van der Waals surface area (Å²) in [6.45, 7) is 4.50. The minimum atomic E-state index is 0.705. The third-order valence-corrected chi connectivity index (χ3v) is 3.29. The first-order valence-corrected chi connectivity index (χ1v) is 6.00. The fraction of sp³-hybridized carbons (Fsp3) is 0.333. The standard InChI is InChI=1S/C15H19N/c1-3-13-8-7-11-15(12(13)2)16-14-9-5-4-6-10-14/h4-7,9-11,13,16H,3,8H2,1-2H3/t13-/m0/s1. The Labute approximate surface area is 97.9 Å². The monoisotopic (exact) mass is 213 g/mol. The second-order valence-corrected chi connectivity index (χ2v) is 4.33. The Balaban J connectivity index is 2.18. The second-order valence-electron chi connectivity index (χ2n) is 4.33. The lowest BCUT2D eigenvalue weighted by molar-refractivity contribution is 0.589. The van der Waals surface area contributed by atoms with Gasteiger partial charge in [-0.1, -0.05) is 31.2 Å². The molecule has 0 amide bonds. The van der Waals surface area contributed by atoms with Crippen molar-refractivity contribution in [2.45, 2.75) is 26.7 Å². The van der Waals surface area contributed by atoms with Gasteiger partial charge in [0.1, 0.15) is 0 Å². The Hall–Kier alpha value is -1.50. The van der Waals surface area contributed by atoms with Gasteiger partial charge in [0.2, 0.25) is 0 Å². The summed E-state index contributed by atoms with van der Waals surface area (Å²) < 4.78 is 0. The molecule has 16 heavy (non-hydrogen) atoms. The molecule has 1 nitrogen and oxygen atoms in total. The summed E-state index contributed by atoms with van der Waals surface area (Å²) in [5, 5.41) is 3.49. The van der Waals surface area contributed by atoms with Gasteiger partial charge in [-0.25, -0.2) is 0 Å². The van der Waals surface area contributed by atoms with Gasteiger partial charge in [0.15, 0.2) is 0 Å². The van der Waals surface area contributed by atoms with E-state index in [1.807, 2.05) is 6.07 Å². The molecule has 1 atom stereocenters. The molecule has 1 aliphatic rings. The van der Waals surface area contributed by atoms with Gasteiger partial charge in [0.25, 0.3) is 0 Å². The molecule has 0 saturated carbocycles. The van der Waals surface area contributed by atoms with Gasteiger partial charge in [-0.15, -0.1) is 0 Å². The zero-order chi connectivity index (χ0) is 11.4. The first-order valence-electron chi connectivity index (χ1n) is 6.00. The summed E-state index contributed by atoms with van der Waals surface area (Å²) in [6, 6.07) is 10.4. The number of allylic oxidation sites excluding steroid dienone is 3. The van der Waals surface area contributed by atoms with E-state index in [0.717, 1.165) is 0 Å². The van der Waals surface area contributed by atoms with E-state index in [-0.39, 0.29) is 0 Å². The smallest absolute Gasteiger partial charge is 0.0384 e. The largest absolute Gasteiger partial charge is 0.356 e. The van der Waals surface area contributed by atoms with Crippen LogP contribution in [0.25, 0.3) is 0 Å². The molecule has 1 aromatic carbocycles. The van der Waals surface area contributed by atoms with Crippen LogP contribution in [0.5, 0.6) is 0 Å². The van der Waals surface area contributed by atoms with Crippen LogP contribution in [-0.4, -0.2) is 0 Å². The predicted octanol–water partition coefficient (Wildman–Crippen LogP) is 4.36. The lowest BCUT2D eigenvalue weighted by Gasteiger charge is -2.22. The minimum Gasteiger partial charge on any atom is -0.356 e. The van der Waals surface area contributed by atoms with Crippen LogP contribution in [0.4, 0.5) is 5.69 Å². The van der Waals surface area contributed by atoms with Crippen molar-refractivity contribution in [3.63, 3.8) is 0 Å². The quantitative estimate of drug-likeness (QED) is 0.786. The van der Waals surface area contributed by atoms with Crippen LogP contribution in [0.1, 0.15) is 26.7 Å². The summed E-state index contributed by atoms with van der Waals surface area (Å²) >= 11 is 0. The molecule has 84 valence electrons. The van der Waals surface area contributed by atoms with Gasteiger partial charge in [-0.3, -0.25) is 0 Å². The van der Waals surface area contributed by atoms with Crippen LogP contribution in [0, 0.1) is 5.92 Å². The van der Waals surface area contributed by atoms with Crippen LogP contribution in [-0.2, 0) is 0 Å². The maximum absolute atomic E-state index is 3.49. The maximum Gasteiger partial charge on any atom is 0.0384 e. The normalized spacial score (nSPS) is 20.0. The molecule has 1 aliphatic carbocycles. The Bertz CT molecular complexity index is 401. The molecule has 0 aliphatic heterocycles. The van der Waals surface area contributed by atoms with E-state index in [1.165, 1.54) is 29.8 Å². The zero-order valence-electron chi connectivity index (χ0n) is 10.0. The summed E-state index contributed by atoms with van der Waals surface area (Å²) in [5.74, 6) is 0.705. The minimum absolute atomic E-state index is 0.705. The number of hydrogen-bond donors (Lipinski definition) is 1. The molecule has 0 heterocycles. The van der Waals surface area contributed by atoms with Crippen molar-refractivity contribution in [2.24, 2.45) is 5.92 Å². The zero-order valence-corrected chi connectivity index (χ0v) is 10.0. The topological polar surface area (TPSA) is 12.0 Å². The average Bonchev–Trinajstić information content (AvgIpc) is 2.33. The molecule has 0 fully saturated rings. The molecular formula is C15H19N. The summed E-state index contributed by atoms with van der Waals surface area (Å²) in [6.07, 6.45) is 6.87. The molecule has 1 aromatic rings. The number of anilines is 1. The van der Waals surface area contributed by atoms with Crippen molar-refractivity contribution in [1.29, 1.82) is 0 Å². The van der Waals surface area contributed by atoms with Crippen molar-refractivity contribution in [2.75, 3.05) is 5.32 Å². The number of rotatable bonds is 3. The van der Waals surface area contributed by atoms with Crippen molar-refractivity contribution < 1.29 is 0 Å². The van der Waals surface area contributed by atoms with Crippen LogP contribution in [0.3, 0.4) is 0 Å². The molecule has 1 heteroatoms. The number of hydrogen-bond acceptors (Lipinski definition) is 1. The summed E-state index contributed by atoms with van der Waals surface area (Å²) in [7, 11) is 0. The molecule has 0 aromatic heterocycles. The highest BCUT2D eigenvalue weighted by atomic mass is 14.9. The van der Waals surface area contributed by atoms with Gasteiger partial charge < -0.3 is 5.32 Å².